The highest BCUT2D eigenvalue weighted by Gasteiger charge is 2.18. The quantitative estimate of drug-likeness (QED) is 0.677. The van der Waals surface area contributed by atoms with E-state index in [1.54, 1.807) is 24.4 Å². The summed E-state index contributed by atoms with van der Waals surface area (Å²) >= 11 is 0. The van der Waals surface area contributed by atoms with Gasteiger partial charge in [0.2, 0.25) is 5.91 Å². The van der Waals surface area contributed by atoms with Crippen molar-refractivity contribution in [2.24, 2.45) is 0 Å². The maximum atomic E-state index is 12.0. The Morgan fingerprint density at radius 3 is 2.83 bits per heavy atom. The number of non-ortho nitro benzene ring substituents is 1. The third kappa shape index (κ3) is 3.23. The van der Waals surface area contributed by atoms with Gasteiger partial charge in [-0.1, -0.05) is 0 Å². The zero-order valence-electron chi connectivity index (χ0n) is 12.7. The van der Waals surface area contributed by atoms with Crippen LogP contribution >= 0.6 is 0 Å². The Labute approximate surface area is 133 Å². The van der Waals surface area contributed by atoms with Gasteiger partial charge in [-0.2, -0.15) is 0 Å². The van der Waals surface area contributed by atoms with Crippen molar-refractivity contribution < 1.29 is 9.72 Å². The fourth-order valence-electron chi connectivity index (χ4n) is 2.89. The molecule has 2 heterocycles. The first-order valence-corrected chi connectivity index (χ1v) is 7.70. The van der Waals surface area contributed by atoms with E-state index >= 15 is 0 Å². The Bertz CT molecular complexity index is 741. The highest BCUT2D eigenvalue weighted by Crippen LogP contribution is 2.29. The third-order valence-electron chi connectivity index (χ3n) is 4.06. The number of nitrogens with one attached hydrogen (secondary N) is 1. The molecule has 3 rings (SSSR count). The van der Waals surface area contributed by atoms with Crippen LogP contribution in [0, 0.1) is 10.1 Å². The van der Waals surface area contributed by atoms with Crippen molar-refractivity contribution in [3.63, 3.8) is 0 Å². The molecule has 0 spiro atoms. The molecule has 0 atom stereocenters. The van der Waals surface area contributed by atoms with Gasteiger partial charge in [-0.3, -0.25) is 19.9 Å². The van der Waals surface area contributed by atoms with E-state index in [0.717, 1.165) is 25.9 Å². The SMILES string of the molecule is O=C(CCNc1ccc([N+](=O)[O-])c2cccnc12)N1CCCC1. The second kappa shape index (κ2) is 6.60. The Hall–Kier alpha value is -2.70. The number of aromatic nitrogens is 1. The number of carbonyl (C=O) groups is 1. The lowest BCUT2D eigenvalue weighted by molar-refractivity contribution is -0.383. The molecule has 1 fully saturated rings. The summed E-state index contributed by atoms with van der Waals surface area (Å²) in [4.78, 5) is 28.8. The standard InChI is InChI=1S/C16H18N4O3/c21-15(19-10-1-2-11-19)7-9-17-13-5-6-14(20(22)23)12-4-3-8-18-16(12)13/h3-6,8,17H,1-2,7,9-11H2. The molecular formula is C16H18N4O3. The summed E-state index contributed by atoms with van der Waals surface area (Å²) < 4.78 is 0. The predicted molar refractivity (Wildman–Crippen MR) is 87.3 cm³/mol. The maximum Gasteiger partial charge on any atom is 0.278 e. The van der Waals surface area contributed by atoms with Gasteiger partial charge in [-0.15, -0.1) is 0 Å². The molecule has 2 aromatic rings. The van der Waals surface area contributed by atoms with Gasteiger partial charge in [0.05, 0.1) is 16.0 Å². The molecule has 1 aromatic heterocycles. The van der Waals surface area contributed by atoms with Gasteiger partial charge in [-0.05, 0) is 31.0 Å². The Morgan fingerprint density at radius 2 is 2.09 bits per heavy atom. The van der Waals surface area contributed by atoms with Crippen LogP contribution in [0.4, 0.5) is 11.4 Å². The third-order valence-corrected chi connectivity index (χ3v) is 4.06. The van der Waals surface area contributed by atoms with E-state index in [2.05, 4.69) is 10.3 Å². The monoisotopic (exact) mass is 314 g/mol. The second-order valence-electron chi connectivity index (χ2n) is 5.55. The zero-order valence-corrected chi connectivity index (χ0v) is 12.7. The number of hydrogen-bond donors (Lipinski definition) is 1. The average molecular weight is 314 g/mol. The largest absolute Gasteiger partial charge is 0.383 e. The smallest absolute Gasteiger partial charge is 0.278 e. The van der Waals surface area contributed by atoms with Gasteiger partial charge >= 0.3 is 0 Å². The second-order valence-corrected chi connectivity index (χ2v) is 5.55. The fourth-order valence-corrected chi connectivity index (χ4v) is 2.89. The summed E-state index contributed by atoms with van der Waals surface area (Å²) in [6.07, 6.45) is 4.17. The fraction of sp³-hybridized carbons (Fsp3) is 0.375. The van der Waals surface area contributed by atoms with Crippen LogP contribution in [0.5, 0.6) is 0 Å². The van der Waals surface area contributed by atoms with Gasteiger partial charge in [0.15, 0.2) is 0 Å². The number of nitro benzene ring substituents is 1. The number of carbonyl (C=O) groups excluding carboxylic acids is 1. The van der Waals surface area contributed by atoms with Crippen LogP contribution in [-0.4, -0.2) is 40.3 Å². The minimum Gasteiger partial charge on any atom is -0.383 e. The molecule has 1 saturated heterocycles. The van der Waals surface area contributed by atoms with Crippen molar-refractivity contribution in [2.75, 3.05) is 25.0 Å². The molecule has 7 nitrogen and oxygen atoms in total. The molecular weight excluding hydrogens is 296 g/mol. The first-order valence-electron chi connectivity index (χ1n) is 7.70. The van der Waals surface area contributed by atoms with Crippen LogP contribution in [0.25, 0.3) is 10.9 Å². The zero-order chi connectivity index (χ0) is 16.2. The van der Waals surface area contributed by atoms with Gasteiger partial charge in [-0.25, -0.2) is 0 Å². The Kier molecular flexibility index (Phi) is 4.36. The first-order chi connectivity index (χ1) is 11.2. The summed E-state index contributed by atoms with van der Waals surface area (Å²) in [6, 6.07) is 6.47. The Balaban J connectivity index is 1.72. The number of hydrogen-bond acceptors (Lipinski definition) is 5. The lowest BCUT2D eigenvalue weighted by atomic mass is 10.1. The number of benzene rings is 1. The van der Waals surface area contributed by atoms with Crippen molar-refractivity contribution in [3.8, 4) is 0 Å². The van der Waals surface area contributed by atoms with Crippen LogP contribution in [0.2, 0.25) is 0 Å². The number of nitro groups is 1. The van der Waals surface area contributed by atoms with Crippen molar-refractivity contribution in [1.82, 2.24) is 9.88 Å². The molecule has 1 amide bonds. The summed E-state index contributed by atoms with van der Waals surface area (Å²) in [5.74, 6) is 0.147. The number of nitrogens with zero attached hydrogens (tertiary/aromatic N) is 3. The van der Waals surface area contributed by atoms with E-state index < -0.39 is 4.92 Å². The van der Waals surface area contributed by atoms with E-state index in [1.165, 1.54) is 6.07 Å². The number of anilines is 1. The number of rotatable bonds is 5. The summed E-state index contributed by atoms with van der Waals surface area (Å²) in [5.41, 5.74) is 1.29. The number of pyridine rings is 1. The molecule has 1 aliphatic rings. The summed E-state index contributed by atoms with van der Waals surface area (Å²) in [5, 5.41) is 14.8. The van der Waals surface area contributed by atoms with Gasteiger partial charge in [0.25, 0.3) is 5.69 Å². The predicted octanol–water partition coefficient (Wildman–Crippen LogP) is 2.57. The van der Waals surface area contributed by atoms with Crippen molar-refractivity contribution >= 4 is 28.2 Å². The van der Waals surface area contributed by atoms with E-state index in [-0.39, 0.29) is 11.6 Å². The molecule has 7 heteroatoms. The van der Waals surface area contributed by atoms with Crippen molar-refractivity contribution in [1.29, 1.82) is 0 Å². The first kappa shape index (κ1) is 15.2. The van der Waals surface area contributed by atoms with E-state index in [4.69, 9.17) is 0 Å². The topological polar surface area (TPSA) is 88.4 Å². The summed E-state index contributed by atoms with van der Waals surface area (Å²) in [6.45, 7) is 2.18. The van der Waals surface area contributed by atoms with Crippen molar-refractivity contribution in [3.05, 3.63) is 40.6 Å². The maximum absolute atomic E-state index is 12.0. The number of likely N-dealkylation sites (tertiary alicyclic amines) is 1. The molecule has 0 saturated carbocycles. The van der Waals surface area contributed by atoms with Crippen LogP contribution in [-0.2, 0) is 4.79 Å². The highest BCUT2D eigenvalue weighted by molar-refractivity contribution is 5.96. The average Bonchev–Trinajstić information content (AvgIpc) is 3.09. The minimum absolute atomic E-state index is 0.0341. The normalized spacial score (nSPS) is 14.2. The van der Waals surface area contributed by atoms with Gasteiger partial charge < -0.3 is 10.2 Å². The number of amides is 1. The van der Waals surface area contributed by atoms with E-state index in [1.807, 2.05) is 4.90 Å². The summed E-state index contributed by atoms with van der Waals surface area (Å²) in [7, 11) is 0. The van der Waals surface area contributed by atoms with Crippen LogP contribution in [0.1, 0.15) is 19.3 Å². The van der Waals surface area contributed by atoms with Crippen LogP contribution in [0.15, 0.2) is 30.5 Å². The lowest BCUT2D eigenvalue weighted by Crippen LogP contribution is -2.29. The highest BCUT2D eigenvalue weighted by atomic mass is 16.6. The molecule has 0 aliphatic carbocycles. The van der Waals surface area contributed by atoms with Gasteiger partial charge in [0, 0.05) is 38.3 Å². The minimum atomic E-state index is -0.412. The van der Waals surface area contributed by atoms with E-state index in [0.29, 0.717) is 29.6 Å². The molecule has 0 bridgehead atoms. The van der Waals surface area contributed by atoms with Crippen LogP contribution < -0.4 is 5.32 Å². The van der Waals surface area contributed by atoms with Crippen LogP contribution in [0.3, 0.4) is 0 Å². The molecule has 120 valence electrons. The molecule has 23 heavy (non-hydrogen) atoms. The lowest BCUT2D eigenvalue weighted by Gasteiger charge is -2.15. The van der Waals surface area contributed by atoms with E-state index in [9.17, 15) is 14.9 Å². The Morgan fingerprint density at radius 1 is 1.30 bits per heavy atom. The molecule has 1 N–H and O–H groups in total. The molecule has 0 unspecified atom stereocenters. The molecule has 1 aliphatic heterocycles. The number of fused-ring (bicyclic) bond motifs is 1. The van der Waals surface area contributed by atoms with Crippen molar-refractivity contribution in [2.45, 2.75) is 19.3 Å². The molecule has 0 radical (unpaired) electrons. The van der Waals surface area contributed by atoms with Gasteiger partial charge in [0.1, 0.15) is 5.52 Å². The molecule has 1 aromatic carbocycles.